The van der Waals surface area contributed by atoms with Crippen LogP contribution in [0.3, 0.4) is 0 Å². The summed E-state index contributed by atoms with van der Waals surface area (Å²) in [7, 11) is 1.42. The fraction of sp³-hybridized carbons (Fsp3) is 0.333. The molecule has 0 bridgehead atoms. The van der Waals surface area contributed by atoms with Gasteiger partial charge in [0.15, 0.2) is 0 Å². The standard InChI is InChI=1S/C12H10FNO2/c1-16-11-4-8(13)2-3-10(11)12(7-14)5-9(15)6-12/h2-4H,5-6H2,1H3. The van der Waals surface area contributed by atoms with E-state index in [2.05, 4.69) is 6.07 Å². The average Bonchev–Trinajstić information content (AvgIpc) is 2.24. The second-order valence-corrected chi connectivity index (χ2v) is 3.93. The number of hydrogen-bond donors (Lipinski definition) is 0. The van der Waals surface area contributed by atoms with Gasteiger partial charge in [-0.1, -0.05) is 6.07 Å². The van der Waals surface area contributed by atoms with Crippen LogP contribution in [0.15, 0.2) is 18.2 Å². The Hall–Kier alpha value is -1.89. The van der Waals surface area contributed by atoms with Gasteiger partial charge in [-0.05, 0) is 6.07 Å². The summed E-state index contributed by atoms with van der Waals surface area (Å²) < 4.78 is 18.0. The van der Waals surface area contributed by atoms with Gasteiger partial charge in [0.1, 0.15) is 17.3 Å². The van der Waals surface area contributed by atoms with Crippen molar-refractivity contribution in [1.82, 2.24) is 0 Å². The highest BCUT2D eigenvalue weighted by Crippen LogP contribution is 2.44. The van der Waals surface area contributed by atoms with Gasteiger partial charge in [0.05, 0.1) is 18.6 Å². The number of methoxy groups -OCH3 is 1. The molecule has 82 valence electrons. The predicted octanol–water partition coefficient (Wildman–Crippen LogP) is 1.96. The van der Waals surface area contributed by atoms with Crippen molar-refractivity contribution in [3.63, 3.8) is 0 Å². The summed E-state index contributed by atoms with van der Waals surface area (Å²) in [5.41, 5.74) is -0.227. The molecule has 0 unspecified atom stereocenters. The van der Waals surface area contributed by atoms with Crippen molar-refractivity contribution in [1.29, 1.82) is 5.26 Å². The summed E-state index contributed by atoms with van der Waals surface area (Å²) >= 11 is 0. The van der Waals surface area contributed by atoms with Gasteiger partial charge in [-0.25, -0.2) is 4.39 Å². The molecule has 3 nitrogen and oxygen atoms in total. The Morgan fingerprint density at radius 3 is 2.69 bits per heavy atom. The molecule has 4 heteroatoms. The minimum Gasteiger partial charge on any atom is -0.496 e. The van der Waals surface area contributed by atoms with Crippen LogP contribution in [0.1, 0.15) is 18.4 Å². The Morgan fingerprint density at radius 1 is 1.50 bits per heavy atom. The van der Waals surface area contributed by atoms with Gasteiger partial charge in [0.25, 0.3) is 0 Å². The first-order chi connectivity index (χ1) is 7.61. The molecular formula is C12H10FNO2. The number of hydrogen-bond acceptors (Lipinski definition) is 3. The Kier molecular flexibility index (Phi) is 2.39. The summed E-state index contributed by atoms with van der Waals surface area (Å²) in [6.45, 7) is 0. The number of nitriles is 1. The van der Waals surface area contributed by atoms with Gasteiger partial charge in [-0.3, -0.25) is 4.79 Å². The second kappa shape index (κ2) is 3.60. The van der Waals surface area contributed by atoms with Crippen molar-refractivity contribution in [2.24, 2.45) is 0 Å². The van der Waals surface area contributed by atoms with E-state index in [-0.39, 0.29) is 18.6 Å². The molecule has 1 aromatic rings. The van der Waals surface area contributed by atoms with E-state index in [4.69, 9.17) is 10.00 Å². The van der Waals surface area contributed by atoms with E-state index in [0.717, 1.165) is 0 Å². The van der Waals surface area contributed by atoms with Crippen molar-refractivity contribution in [3.05, 3.63) is 29.6 Å². The van der Waals surface area contributed by atoms with Crippen LogP contribution in [0.5, 0.6) is 5.75 Å². The molecule has 1 aromatic carbocycles. The molecule has 2 rings (SSSR count). The van der Waals surface area contributed by atoms with E-state index in [9.17, 15) is 9.18 Å². The number of halogens is 1. The smallest absolute Gasteiger partial charge is 0.136 e. The molecule has 0 atom stereocenters. The molecule has 1 saturated carbocycles. The molecule has 0 spiro atoms. The van der Waals surface area contributed by atoms with Crippen molar-refractivity contribution in [2.45, 2.75) is 18.3 Å². The van der Waals surface area contributed by atoms with E-state index < -0.39 is 11.2 Å². The molecule has 0 N–H and O–H groups in total. The molecule has 16 heavy (non-hydrogen) atoms. The topological polar surface area (TPSA) is 50.1 Å². The minimum atomic E-state index is -0.823. The third kappa shape index (κ3) is 1.45. The zero-order chi connectivity index (χ0) is 11.8. The van der Waals surface area contributed by atoms with E-state index in [1.165, 1.54) is 25.3 Å². The van der Waals surface area contributed by atoms with E-state index in [1.807, 2.05) is 0 Å². The average molecular weight is 219 g/mol. The minimum absolute atomic E-state index is 0.0490. The van der Waals surface area contributed by atoms with Gasteiger partial charge < -0.3 is 4.74 Å². The molecule has 1 aliphatic rings. The first kappa shape index (κ1) is 10.6. The summed E-state index contributed by atoms with van der Waals surface area (Å²) in [5, 5.41) is 9.15. The molecule has 0 amide bonds. The number of benzene rings is 1. The van der Waals surface area contributed by atoms with Crippen LogP contribution < -0.4 is 4.74 Å². The van der Waals surface area contributed by atoms with Crippen LogP contribution in [-0.4, -0.2) is 12.9 Å². The maximum Gasteiger partial charge on any atom is 0.136 e. The lowest BCUT2D eigenvalue weighted by Gasteiger charge is -2.34. The normalized spacial score (nSPS) is 17.4. The number of carbonyl (C=O) groups is 1. The van der Waals surface area contributed by atoms with Gasteiger partial charge >= 0.3 is 0 Å². The van der Waals surface area contributed by atoms with E-state index in [0.29, 0.717) is 11.3 Å². The maximum absolute atomic E-state index is 13.0. The van der Waals surface area contributed by atoms with Crippen LogP contribution in [-0.2, 0) is 10.2 Å². The van der Waals surface area contributed by atoms with Gasteiger partial charge in [0.2, 0.25) is 0 Å². The fourth-order valence-electron chi connectivity index (χ4n) is 2.01. The summed E-state index contributed by atoms with van der Waals surface area (Å²) in [6, 6.07) is 6.16. The molecule has 0 aliphatic heterocycles. The number of nitrogens with zero attached hydrogens (tertiary/aromatic N) is 1. The Labute approximate surface area is 92.4 Å². The zero-order valence-corrected chi connectivity index (χ0v) is 8.79. The lowest BCUT2D eigenvalue weighted by Crippen LogP contribution is -2.40. The molecule has 0 heterocycles. The molecule has 1 fully saturated rings. The number of rotatable bonds is 2. The maximum atomic E-state index is 13.0. The molecule has 0 saturated heterocycles. The highest BCUT2D eigenvalue weighted by Gasteiger charge is 2.47. The summed E-state index contributed by atoms with van der Waals surface area (Å²) in [5.74, 6) is -0.0404. The van der Waals surface area contributed by atoms with Crippen LogP contribution in [0, 0.1) is 17.1 Å². The third-order valence-corrected chi connectivity index (χ3v) is 2.89. The third-order valence-electron chi connectivity index (χ3n) is 2.89. The van der Waals surface area contributed by atoms with E-state index in [1.54, 1.807) is 0 Å². The van der Waals surface area contributed by atoms with Crippen LogP contribution in [0.25, 0.3) is 0 Å². The quantitative estimate of drug-likeness (QED) is 0.763. The van der Waals surface area contributed by atoms with Crippen LogP contribution in [0.2, 0.25) is 0 Å². The summed E-state index contributed by atoms with van der Waals surface area (Å²) in [6.07, 6.45) is 0.372. The van der Waals surface area contributed by atoms with Gasteiger partial charge in [0, 0.05) is 24.5 Å². The van der Waals surface area contributed by atoms with Crippen molar-refractivity contribution in [3.8, 4) is 11.8 Å². The largest absolute Gasteiger partial charge is 0.496 e. The van der Waals surface area contributed by atoms with Crippen LogP contribution in [0.4, 0.5) is 4.39 Å². The van der Waals surface area contributed by atoms with Crippen molar-refractivity contribution < 1.29 is 13.9 Å². The first-order valence-corrected chi connectivity index (χ1v) is 4.88. The van der Waals surface area contributed by atoms with Gasteiger partial charge in [-0.15, -0.1) is 0 Å². The Morgan fingerprint density at radius 2 is 2.19 bits per heavy atom. The van der Waals surface area contributed by atoms with E-state index >= 15 is 0 Å². The predicted molar refractivity (Wildman–Crippen MR) is 54.5 cm³/mol. The lowest BCUT2D eigenvalue weighted by molar-refractivity contribution is -0.126. The van der Waals surface area contributed by atoms with Gasteiger partial charge in [-0.2, -0.15) is 5.26 Å². The second-order valence-electron chi connectivity index (χ2n) is 3.93. The molecular weight excluding hydrogens is 209 g/mol. The number of carbonyl (C=O) groups excluding carboxylic acids is 1. The SMILES string of the molecule is COc1cc(F)ccc1C1(C#N)CC(=O)C1. The van der Waals surface area contributed by atoms with Crippen LogP contribution >= 0.6 is 0 Å². The molecule has 1 aliphatic carbocycles. The Balaban J connectivity index is 2.48. The first-order valence-electron chi connectivity index (χ1n) is 4.88. The number of Topliss-reactive ketones (excluding diaryl/α,β-unsaturated/α-hetero) is 1. The zero-order valence-electron chi connectivity index (χ0n) is 8.79. The number of ether oxygens (including phenoxy) is 1. The fourth-order valence-corrected chi connectivity index (χ4v) is 2.01. The van der Waals surface area contributed by atoms with Crippen molar-refractivity contribution in [2.75, 3.05) is 7.11 Å². The highest BCUT2D eigenvalue weighted by atomic mass is 19.1. The molecule has 0 aromatic heterocycles. The van der Waals surface area contributed by atoms with Crippen molar-refractivity contribution >= 4 is 5.78 Å². The molecule has 0 radical (unpaired) electrons. The number of ketones is 1. The monoisotopic (exact) mass is 219 g/mol. The Bertz CT molecular complexity index is 482. The summed E-state index contributed by atoms with van der Waals surface area (Å²) in [4.78, 5) is 11.0. The lowest BCUT2D eigenvalue weighted by atomic mass is 9.64. The highest BCUT2D eigenvalue weighted by molar-refractivity contribution is 5.90.